The van der Waals surface area contributed by atoms with Crippen molar-refractivity contribution in [2.45, 2.75) is 13.5 Å². The molecule has 3 N–H and O–H groups in total. The molecule has 0 radical (unpaired) electrons. The molecule has 0 saturated carbocycles. The predicted octanol–water partition coefficient (Wildman–Crippen LogP) is 2.36. The molecule has 0 atom stereocenters. The van der Waals surface area contributed by atoms with E-state index in [9.17, 15) is 4.39 Å². The Morgan fingerprint density at radius 2 is 2.29 bits per heavy atom. The van der Waals surface area contributed by atoms with Gasteiger partial charge in [-0.25, -0.2) is 4.39 Å². The third kappa shape index (κ3) is 2.65. The predicted molar refractivity (Wildman–Crippen MR) is 62.2 cm³/mol. The van der Waals surface area contributed by atoms with Crippen LogP contribution in [0.4, 0.5) is 15.8 Å². The van der Waals surface area contributed by atoms with Crippen LogP contribution < -0.4 is 11.1 Å². The molecular weight excluding hydrogens is 247 g/mol. The average molecular weight is 257 g/mol. The SMILES string of the molecule is Cc1noc(CNc2cc(Cl)c(F)cc2N)n1. The van der Waals surface area contributed by atoms with Crippen LogP contribution >= 0.6 is 11.6 Å². The third-order valence-electron chi connectivity index (χ3n) is 2.09. The molecule has 2 aromatic rings. The number of rotatable bonds is 3. The summed E-state index contributed by atoms with van der Waals surface area (Å²) in [7, 11) is 0. The first-order valence-electron chi connectivity index (χ1n) is 4.84. The normalized spacial score (nSPS) is 10.5. The van der Waals surface area contributed by atoms with Gasteiger partial charge in [-0.2, -0.15) is 4.98 Å². The first-order valence-corrected chi connectivity index (χ1v) is 5.21. The van der Waals surface area contributed by atoms with Crippen LogP contribution in [0.3, 0.4) is 0 Å². The van der Waals surface area contributed by atoms with Gasteiger partial charge in [0.1, 0.15) is 5.82 Å². The van der Waals surface area contributed by atoms with E-state index in [4.69, 9.17) is 21.9 Å². The Kier molecular flexibility index (Phi) is 3.14. The highest BCUT2D eigenvalue weighted by molar-refractivity contribution is 6.31. The zero-order valence-electron chi connectivity index (χ0n) is 9.00. The van der Waals surface area contributed by atoms with Crippen molar-refractivity contribution in [2.24, 2.45) is 0 Å². The fourth-order valence-corrected chi connectivity index (χ4v) is 1.46. The summed E-state index contributed by atoms with van der Waals surface area (Å²) in [4.78, 5) is 4.01. The lowest BCUT2D eigenvalue weighted by molar-refractivity contribution is 0.379. The lowest BCUT2D eigenvalue weighted by Gasteiger charge is -2.08. The Hall–Kier alpha value is -1.82. The topological polar surface area (TPSA) is 77.0 Å². The number of nitrogens with one attached hydrogen (secondary N) is 1. The summed E-state index contributed by atoms with van der Waals surface area (Å²) in [6.45, 7) is 2.02. The minimum Gasteiger partial charge on any atom is -0.397 e. The first-order chi connectivity index (χ1) is 8.06. The maximum Gasteiger partial charge on any atom is 0.245 e. The lowest BCUT2D eigenvalue weighted by atomic mass is 10.2. The van der Waals surface area contributed by atoms with Crippen molar-refractivity contribution in [3.05, 3.63) is 34.7 Å². The van der Waals surface area contributed by atoms with Crippen LogP contribution in [-0.2, 0) is 6.54 Å². The Balaban J connectivity index is 2.11. The van der Waals surface area contributed by atoms with Gasteiger partial charge < -0.3 is 15.6 Å². The van der Waals surface area contributed by atoms with Gasteiger partial charge in [0.25, 0.3) is 0 Å². The van der Waals surface area contributed by atoms with Crippen molar-refractivity contribution >= 4 is 23.0 Å². The molecule has 2 rings (SSSR count). The number of aromatic nitrogens is 2. The van der Waals surface area contributed by atoms with Crippen LogP contribution in [0.5, 0.6) is 0 Å². The molecule has 0 amide bonds. The van der Waals surface area contributed by atoms with Crippen LogP contribution in [0.25, 0.3) is 0 Å². The van der Waals surface area contributed by atoms with E-state index in [1.807, 2.05) is 0 Å². The molecule has 0 aliphatic carbocycles. The molecule has 5 nitrogen and oxygen atoms in total. The highest BCUT2D eigenvalue weighted by Gasteiger charge is 2.08. The van der Waals surface area contributed by atoms with Crippen LogP contribution in [0.2, 0.25) is 5.02 Å². The molecule has 17 heavy (non-hydrogen) atoms. The fourth-order valence-electron chi connectivity index (χ4n) is 1.30. The maximum absolute atomic E-state index is 13.0. The molecule has 0 fully saturated rings. The minimum absolute atomic E-state index is 0.00316. The van der Waals surface area contributed by atoms with Crippen LogP contribution in [0, 0.1) is 12.7 Å². The summed E-state index contributed by atoms with van der Waals surface area (Å²) in [6.07, 6.45) is 0. The maximum atomic E-state index is 13.0. The van der Waals surface area contributed by atoms with E-state index < -0.39 is 5.82 Å². The molecule has 7 heteroatoms. The second-order valence-corrected chi connectivity index (χ2v) is 3.85. The molecule has 90 valence electrons. The van der Waals surface area contributed by atoms with Crippen molar-refractivity contribution in [1.82, 2.24) is 10.1 Å². The lowest BCUT2D eigenvalue weighted by Crippen LogP contribution is -2.03. The number of nitrogen functional groups attached to an aromatic ring is 1. The molecule has 0 aliphatic heterocycles. The van der Waals surface area contributed by atoms with Crippen molar-refractivity contribution < 1.29 is 8.91 Å². The van der Waals surface area contributed by atoms with Crippen molar-refractivity contribution in [1.29, 1.82) is 0 Å². The summed E-state index contributed by atoms with van der Waals surface area (Å²) in [5.41, 5.74) is 6.42. The molecule has 0 spiro atoms. The highest BCUT2D eigenvalue weighted by atomic mass is 35.5. The smallest absolute Gasteiger partial charge is 0.245 e. The Morgan fingerprint density at radius 1 is 1.53 bits per heavy atom. The van der Waals surface area contributed by atoms with E-state index in [1.54, 1.807) is 6.92 Å². The number of hydrogen-bond donors (Lipinski definition) is 2. The van der Waals surface area contributed by atoms with Gasteiger partial charge in [-0.15, -0.1) is 0 Å². The van der Waals surface area contributed by atoms with Gasteiger partial charge in [0.15, 0.2) is 5.82 Å². The largest absolute Gasteiger partial charge is 0.397 e. The number of nitrogens with zero attached hydrogens (tertiary/aromatic N) is 2. The quantitative estimate of drug-likeness (QED) is 0.825. The van der Waals surface area contributed by atoms with E-state index in [0.29, 0.717) is 23.9 Å². The van der Waals surface area contributed by atoms with Crippen molar-refractivity contribution in [3.63, 3.8) is 0 Å². The average Bonchev–Trinajstić information content (AvgIpc) is 2.68. The van der Waals surface area contributed by atoms with Crippen LogP contribution in [0.1, 0.15) is 11.7 Å². The number of benzene rings is 1. The number of halogens is 2. The molecule has 1 aromatic carbocycles. The molecule has 0 saturated heterocycles. The van der Waals surface area contributed by atoms with E-state index >= 15 is 0 Å². The van der Waals surface area contributed by atoms with E-state index in [0.717, 1.165) is 6.07 Å². The molecule has 0 bridgehead atoms. The zero-order chi connectivity index (χ0) is 12.4. The van der Waals surface area contributed by atoms with Gasteiger partial charge in [-0.3, -0.25) is 0 Å². The zero-order valence-corrected chi connectivity index (χ0v) is 9.75. The summed E-state index contributed by atoms with van der Waals surface area (Å²) in [5.74, 6) is 0.414. The van der Waals surface area contributed by atoms with Gasteiger partial charge in [-0.1, -0.05) is 16.8 Å². The van der Waals surface area contributed by atoms with E-state index in [2.05, 4.69) is 15.5 Å². The number of aryl methyl sites for hydroxylation is 1. The summed E-state index contributed by atoms with van der Waals surface area (Å²) in [6, 6.07) is 2.57. The van der Waals surface area contributed by atoms with Gasteiger partial charge in [-0.05, 0) is 13.0 Å². The summed E-state index contributed by atoms with van der Waals surface area (Å²) >= 11 is 5.65. The second kappa shape index (κ2) is 4.58. The highest BCUT2D eigenvalue weighted by Crippen LogP contribution is 2.26. The van der Waals surface area contributed by atoms with E-state index in [-0.39, 0.29) is 10.7 Å². The fraction of sp³-hybridized carbons (Fsp3) is 0.200. The molecular formula is C10H10ClFN4O. The van der Waals surface area contributed by atoms with Gasteiger partial charge in [0.2, 0.25) is 5.89 Å². The Bertz CT molecular complexity index is 543. The van der Waals surface area contributed by atoms with Crippen LogP contribution in [0.15, 0.2) is 16.7 Å². The standard InChI is InChI=1S/C10H10ClFN4O/c1-5-15-10(17-16-5)4-14-9-2-6(11)7(12)3-8(9)13/h2-3,14H,4,13H2,1H3. The number of nitrogens with two attached hydrogens (primary N) is 1. The van der Waals surface area contributed by atoms with Crippen molar-refractivity contribution in [3.8, 4) is 0 Å². The van der Waals surface area contributed by atoms with Gasteiger partial charge in [0.05, 0.1) is 22.9 Å². The monoisotopic (exact) mass is 256 g/mol. The molecule has 1 aromatic heterocycles. The Morgan fingerprint density at radius 3 is 2.94 bits per heavy atom. The molecule has 0 unspecified atom stereocenters. The summed E-state index contributed by atoms with van der Waals surface area (Å²) < 4.78 is 18.0. The number of anilines is 2. The van der Waals surface area contributed by atoms with Crippen LogP contribution in [-0.4, -0.2) is 10.1 Å². The molecule has 1 heterocycles. The minimum atomic E-state index is -0.552. The molecule has 0 aliphatic rings. The van der Waals surface area contributed by atoms with Gasteiger partial charge in [0, 0.05) is 6.07 Å². The number of hydrogen-bond acceptors (Lipinski definition) is 5. The summed E-state index contributed by atoms with van der Waals surface area (Å²) in [5, 5.41) is 6.58. The third-order valence-corrected chi connectivity index (χ3v) is 2.38. The first kappa shape index (κ1) is 11.7. The Labute approximate surface area is 102 Å². The van der Waals surface area contributed by atoms with E-state index in [1.165, 1.54) is 6.07 Å². The van der Waals surface area contributed by atoms with Crippen molar-refractivity contribution in [2.75, 3.05) is 11.1 Å². The second-order valence-electron chi connectivity index (χ2n) is 3.44. The van der Waals surface area contributed by atoms with Gasteiger partial charge >= 0.3 is 0 Å².